The predicted molar refractivity (Wildman–Crippen MR) is 22.5 cm³/mol. The van der Waals surface area contributed by atoms with Crippen LogP contribution in [0.4, 0.5) is 0 Å². The van der Waals surface area contributed by atoms with E-state index in [2.05, 4.69) is 15.2 Å². The van der Waals surface area contributed by atoms with Crippen molar-refractivity contribution in [3.63, 3.8) is 0 Å². The maximum atomic E-state index is 10.1. The Morgan fingerprint density at radius 3 is 2.29 bits per heavy atom. The molecule has 0 spiro atoms. The van der Waals surface area contributed by atoms with Gasteiger partial charge in [-0.3, -0.25) is 4.57 Å². The zero-order chi connectivity index (χ0) is 5.91. The summed E-state index contributed by atoms with van der Waals surface area (Å²) in [5.74, 6) is 4.37. The summed E-state index contributed by atoms with van der Waals surface area (Å²) >= 11 is 0. The summed E-state index contributed by atoms with van der Waals surface area (Å²) in [4.78, 5) is 0. The van der Waals surface area contributed by atoms with E-state index in [9.17, 15) is 4.57 Å². The molecular weight excluding hydrogens is 121 g/mol. The highest BCUT2D eigenvalue weighted by molar-refractivity contribution is 7.52. The smallest absolute Gasteiger partial charge is 0.256 e. The molecule has 0 radical (unpaired) electrons. The molecule has 1 unspecified atom stereocenters. The Hall–Kier alpha value is 0.0700. The molecule has 7 heavy (non-hydrogen) atoms. The van der Waals surface area contributed by atoms with E-state index in [1.165, 1.54) is 0 Å². The van der Waals surface area contributed by atoms with Crippen LogP contribution in [-0.2, 0) is 13.9 Å². The lowest BCUT2D eigenvalue weighted by Crippen LogP contribution is -1.96. The van der Waals surface area contributed by atoms with Crippen molar-refractivity contribution in [1.82, 2.24) is 0 Å². The van der Waals surface area contributed by atoms with Gasteiger partial charge in [-0.15, -0.1) is 0 Å². The molecule has 0 aromatic carbocycles. The average Bonchev–Trinajstić information content (AvgIpc) is 1.68. The van der Waals surface area contributed by atoms with E-state index in [-0.39, 0.29) is 0 Å². The summed E-state index contributed by atoms with van der Waals surface area (Å²) in [6, 6.07) is 0. The minimum absolute atomic E-state index is 1.03. The lowest BCUT2D eigenvalue weighted by atomic mass is 12.0. The standard InChI is InChI=1S/CH6NO4P/c1-7(4,5-2)6-3/h3H,2H2,1H3. The van der Waals surface area contributed by atoms with Crippen LogP contribution in [0.1, 0.15) is 0 Å². The van der Waals surface area contributed by atoms with Crippen molar-refractivity contribution < 1.29 is 19.1 Å². The fourth-order valence-electron chi connectivity index (χ4n) is 0.0192. The molecular formula is CH6NO4P. The molecule has 0 aliphatic rings. The first-order chi connectivity index (χ1) is 3.12. The third kappa shape index (κ3) is 2.73. The molecule has 44 valence electrons. The Labute approximate surface area is 40.4 Å². The Morgan fingerprint density at radius 1 is 1.86 bits per heavy atom. The van der Waals surface area contributed by atoms with Crippen LogP contribution in [0.15, 0.2) is 0 Å². The van der Waals surface area contributed by atoms with Gasteiger partial charge in [0, 0.05) is 6.66 Å². The molecule has 6 heteroatoms. The van der Waals surface area contributed by atoms with E-state index in [4.69, 9.17) is 5.26 Å². The van der Waals surface area contributed by atoms with Crippen LogP contribution in [0, 0.1) is 0 Å². The Morgan fingerprint density at radius 2 is 2.29 bits per heavy atom. The lowest BCUT2D eigenvalue weighted by Gasteiger charge is -2.00. The van der Waals surface area contributed by atoms with Gasteiger partial charge in [0.05, 0.1) is 0 Å². The van der Waals surface area contributed by atoms with E-state index in [0.29, 0.717) is 0 Å². The van der Waals surface area contributed by atoms with Crippen molar-refractivity contribution in [2.45, 2.75) is 0 Å². The molecule has 0 amide bonds. The normalized spacial score (nSPS) is 18.7. The first-order valence-electron chi connectivity index (χ1n) is 1.41. The Kier molecular flexibility index (Phi) is 2.42. The highest BCUT2D eigenvalue weighted by atomic mass is 31.2. The highest BCUT2D eigenvalue weighted by Gasteiger charge is 2.13. The van der Waals surface area contributed by atoms with Crippen molar-refractivity contribution >= 4 is 7.60 Å². The van der Waals surface area contributed by atoms with Crippen molar-refractivity contribution in [1.29, 1.82) is 0 Å². The van der Waals surface area contributed by atoms with E-state index in [1.54, 1.807) is 0 Å². The van der Waals surface area contributed by atoms with E-state index < -0.39 is 7.60 Å². The van der Waals surface area contributed by atoms with Crippen LogP contribution in [0.3, 0.4) is 0 Å². The quantitative estimate of drug-likeness (QED) is 0.314. The van der Waals surface area contributed by atoms with Crippen molar-refractivity contribution in [2.24, 2.45) is 5.90 Å². The molecule has 0 aliphatic heterocycles. The predicted octanol–water partition coefficient (Wildman–Crippen LogP) is 0.189. The van der Waals surface area contributed by atoms with Gasteiger partial charge >= 0.3 is 7.60 Å². The summed E-state index contributed by atoms with van der Waals surface area (Å²) in [7, 11) is -3.32. The van der Waals surface area contributed by atoms with Gasteiger partial charge in [0.2, 0.25) is 0 Å². The highest BCUT2D eigenvalue weighted by Crippen LogP contribution is 2.39. The summed E-state index contributed by atoms with van der Waals surface area (Å²) in [6.07, 6.45) is 0. The second kappa shape index (κ2) is 2.40. The summed E-state index contributed by atoms with van der Waals surface area (Å²) in [5, 5.41) is 7.63. The van der Waals surface area contributed by atoms with E-state index >= 15 is 0 Å². The molecule has 0 fully saturated rings. The van der Waals surface area contributed by atoms with Crippen LogP contribution >= 0.6 is 7.60 Å². The largest absolute Gasteiger partial charge is 0.370 e. The number of nitrogens with two attached hydrogens (primary N) is 1. The Bertz CT molecular complexity index is 83.7. The maximum Gasteiger partial charge on any atom is 0.370 e. The third-order valence-corrected chi connectivity index (χ3v) is 1.02. The fraction of sp³-hybridized carbons (Fsp3) is 1.00. The van der Waals surface area contributed by atoms with Gasteiger partial charge in [-0.2, -0.15) is 4.67 Å². The van der Waals surface area contributed by atoms with Crippen LogP contribution in [0.25, 0.3) is 0 Å². The summed E-state index contributed by atoms with van der Waals surface area (Å²) in [5.41, 5.74) is 0. The number of hydrogen-bond donors (Lipinski definition) is 2. The van der Waals surface area contributed by atoms with Crippen molar-refractivity contribution in [3.05, 3.63) is 0 Å². The molecule has 0 aliphatic carbocycles. The molecule has 0 aromatic rings. The molecule has 0 rings (SSSR count). The second-order valence-corrected chi connectivity index (χ2v) is 2.88. The number of rotatable bonds is 2. The molecule has 3 N–H and O–H groups in total. The topological polar surface area (TPSA) is 81.8 Å². The molecule has 5 nitrogen and oxygen atoms in total. The van der Waals surface area contributed by atoms with Crippen LogP contribution in [0.2, 0.25) is 0 Å². The fourth-order valence-corrected chi connectivity index (χ4v) is 0.0577. The number of hydrogen-bond acceptors (Lipinski definition) is 5. The second-order valence-electron chi connectivity index (χ2n) is 0.958. The lowest BCUT2D eigenvalue weighted by molar-refractivity contribution is -0.148. The van der Waals surface area contributed by atoms with Gasteiger partial charge in [0.25, 0.3) is 0 Å². The molecule has 0 bridgehead atoms. The van der Waals surface area contributed by atoms with Crippen molar-refractivity contribution in [3.8, 4) is 0 Å². The SMILES string of the molecule is CP(=O)(ON)OO. The minimum atomic E-state index is -3.32. The first-order valence-corrected chi connectivity index (χ1v) is 3.40. The van der Waals surface area contributed by atoms with Crippen LogP contribution in [0.5, 0.6) is 0 Å². The van der Waals surface area contributed by atoms with Gasteiger partial charge in [0.1, 0.15) is 0 Å². The Balaban J connectivity index is 3.61. The first kappa shape index (κ1) is 7.07. The van der Waals surface area contributed by atoms with Gasteiger partial charge in [-0.05, 0) is 0 Å². The molecule has 0 saturated carbocycles. The van der Waals surface area contributed by atoms with Crippen LogP contribution in [-0.4, -0.2) is 11.9 Å². The van der Waals surface area contributed by atoms with Gasteiger partial charge in [-0.25, -0.2) is 15.8 Å². The zero-order valence-corrected chi connectivity index (χ0v) is 4.59. The van der Waals surface area contributed by atoms with E-state index in [0.717, 1.165) is 6.66 Å². The maximum absolute atomic E-state index is 10.1. The molecule has 0 aromatic heterocycles. The van der Waals surface area contributed by atoms with Gasteiger partial charge in [-0.1, -0.05) is 0 Å². The van der Waals surface area contributed by atoms with Gasteiger partial charge < -0.3 is 0 Å². The zero-order valence-electron chi connectivity index (χ0n) is 3.70. The van der Waals surface area contributed by atoms with Crippen LogP contribution < -0.4 is 5.90 Å². The van der Waals surface area contributed by atoms with E-state index in [1.807, 2.05) is 0 Å². The average molecular weight is 127 g/mol. The molecule has 0 saturated heterocycles. The molecule has 0 heterocycles. The summed E-state index contributed by atoms with van der Waals surface area (Å²) < 4.78 is 17.1. The monoisotopic (exact) mass is 127 g/mol. The molecule has 1 atom stereocenters. The summed E-state index contributed by atoms with van der Waals surface area (Å²) in [6.45, 7) is 1.03. The van der Waals surface area contributed by atoms with Crippen molar-refractivity contribution in [2.75, 3.05) is 6.66 Å². The van der Waals surface area contributed by atoms with Gasteiger partial charge in [0.15, 0.2) is 0 Å². The minimum Gasteiger partial charge on any atom is -0.256 e. The third-order valence-electron chi connectivity index (χ3n) is 0.340.